The molecule has 0 fully saturated rings. The van der Waals surface area contributed by atoms with E-state index in [0.29, 0.717) is 11.5 Å². The van der Waals surface area contributed by atoms with Crippen molar-refractivity contribution in [3.8, 4) is 0 Å². The molecular formula is C22H21N5O. The molecule has 2 aromatic heterocycles. The Bertz CT molecular complexity index is 1060. The number of hydrogen-bond acceptors (Lipinski definition) is 4. The lowest BCUT2D eigenvalue weighted by molar-refractivity contribution is 0.0739. The molecule has 4 aromatic rings. The largest absolute Gasteiger partial charge is 0.357 e. The van der Waals surface area contributed by atoms with Crippen molar-refractivity contribution in [1.29, 1.82) is 0 Å². The molecule has 6 heteroatoms. The van der Waals surface area contributed by atoms with Crippen LogP contribution in [0.5, 0.6) is 0 Å². The maximum Gasteiger partial charge on any atom is 0.257 e. The van der Waals surface area contributed by atoms with Gasteiger partial charge in [0.05, 0.1) is 11.6 Å². The number of nitrogens with zero attached hydrogens (tertiary/aromatic N) is 3. The van der Waals surface area contributed by atoms with Gasteiger partial charge >= 0.3 is 0 Å². The monoisotopic (exact) mass is 371 g/mol. The van der Waals surface area contributed by atoms with E-state index in [1.54, 1.807) is 24.3 Å². The lowest BCUT2D eigenvalue weighted by Crippen LogP contribution is -2.30. The van der Waals surface area contributed by atoms with Gasteiger partial charge in [0.2, 0.25) is 5.95 Å². The van der Waals surface area contributed by atoms with Crippen molar-refractivity contribution in [3.63, 3.8) is 0 Å². The molecule has 1 atom stereocenters. The molecule has 28 heavy (non-hydrogen) atoms. The fourth-order valence-corrected chi connectivity index (χ4v) is 3.06. The highest BCUT2D eigenvalue weighted by Gasteiger charge is 2.21. The van der Waals surface area contributed by atoms with E-state index < -0.39 is 0 Å². The number of hydrogen-bond donors (Lipinski definition) is 2. The number of aromatic amines is 1. The average Bonchev–Trinajstić information content (AvgIpc) is 3.18. The van der Waals surface area contributed by atoms with E-state index in [1.807, 2.05) is 55.5 Å². The second-order valence-corrected chi connectivity index (χ2v) is 6.69. The summed E-state index contributed by atoms with van der Waals surface area (Å²) < 4.78 is 0. The number of benzene rings is 2. The summed E-state index contributed by atoms with van der Waals surface area (Å²) in [6.45, 7) is 1.99. The van der Waals surface area contributed by atoms with Crippen LogP contribution in [0.15, 0.2) is 73.1 Å². The first-order valence-corrected chi connectivity index (χ1v) is 9.11. The normalized spacial score (nSPS) is 11.9. The van der Waals surface area contributed by atoms with E-state index in [-0.39, 0.29) is 11.9 Å². The van der Waals surface area contributed by atoms with Gasteiger partial charge in [-0.05, 0) is 36.6 Å². The van der Waals surface area contributed by atoms with Gasteiger partial charge in [-0.2, -0.15) is 0 Å². The van der Waals surface area contributed by atoms with Gasteiger partial charge in [0.15, 0.2) is 0 Å². The van der Waals surface area contributed by atoms with Crippen molar-refractivity contribution >= 4 is 28.4 Å². The van der Waals surface area contributed by atoms with Crippen LogP contribution in [0.25, 0.3) is 10.9 Å². The number of fused-ring (bicyclic) bond motifs is 1. The van der Waals surface area contributed by atoms with Crippen LogP contribution in [0.3, 0.4) is 0 Å². The zero-order valence-electron chi connectivity index (χ0n) is 15.8. The molecule has 2 heterocycles. The Hall–Kier alpha value is -3.67. The maximum absolute atomic E-state index is 12.9. The quantitative estimate of drug-likeness (QED) is 0.540. The molecule has 2 N–H and O–H groups in total. The zero-order valence-corrected chi connectivity index (χ0v) is 15.8. The lowest BCUT2D eigenvalue weighted by atomic mass is 10.1. The van der Waals surface area contributed by atoms with Crippen LogP contribution in [0.2, 0.25) is 0 Å². The van der Waals surface area contributed by atoms with Crippen molar-refractivity contribution in [1.82, 2.24) is 19.9 Å². The molecule has 1 amide bonds. The number of anilines is 2. The molecule has 0 radical (unpaired) electrons. The summed E-state index contributed by atoms with van der Waals surface area (Å²) in [7, 11) is 1.79. The van der Waals surface area contributed by atoms with Gasteiger partial charge in [-0.25, -0.2) is 9.97 Å². The number of nitrogens with one attached hydrogen (secondary N) is 2. The maximum atomic E-state index is 12.9. The molecule has 0 aliphatic heterocycles. The first-order valence-electron chi connectivity index (χ1n) is 9.11. The van der Waals surface area contributed by atoms with E-state index in [1.165, 1.54) is 0 Å². The standard InChI is InChI=1S/C22H21N5O/c1-15(20-12-16-8-6-7-11-19(16)26-20)27(2)21(28)17-13-23-22(24-14-17)25-18-9-4-3-5-10-18/h3-15,26H,1-2H3,(H,23,24,25)/t15-/m0/s1. The average molecular weight is 371 g/mol. The predicted octanol–water partition coefficient (Wildman–Crippen LogP) is 4.53. The summed E-state index contributed by atoms with van der Waals surface area (Å²) in [5.74, 6) is 0.325. The summed E-state index contributed by atoms with van der Waals surface area (Å²) >= 11 is 0. The minimum atomic E-state index is -0.127. The van der Waals surface area contributed by atoms with Crippen LogP contribution in [0.4, 0.5) is 11.6 Å². The highest BCUT2D eigenvalue weighted by atomic mass is 16.2. The molecule has 4 rings (SSSR count). The number of rotatable bonds is 5. The van der Waals surface area contributed by atoms with Crippen molar-refractivity contribution in [3.05, 3.63) is 84.3 Å². The number of aromatic nitrogens is 3. The van der Waals surface area contributed by atoms with Gasteiger partial charge in [0.25, 0.3) is 5.91 Å². The molecule has 6 nitrogen and oxygen atoms in total. The van der Waals surface area contributed by atoms with Crippen molar-refractivity contribution in [2.24, 2.45) is 0 Å². The number of para-hydroxylation sites is 2. The first-order chi connectivity index (χ1) is 13.6. The third-order valence-corrected chi connectivity index (χ3v) is 4.83. The first kappa shape index (κ1) is 17.7. The predicted molar refractivity (Wildman–Crippen MR) is 111 cm³/mol. The molecule has 0 spiro atoms. The molecule has 0 saturated heterocycles. The topological polar surface area (TPSA) is 73.9 Å². The van der Waals surface area contributed by atoms with Crippen LogP contribution < -0.4 is 5.32 Å². The summed E-state index contributed by atoms with van der Waals surface area (Å²) in [5.41, 5.74) is 3.39. The molecule has 0 aliphatic rings. The van der Waals surface area contributed by atoms with Crippen LogP contribution in [-0.2, 0) is 0 Å². The van der Waals surface area contributed by atoms with E-state index in [9.17, 15) is 4.79 Å². The third kappa shape index (κ3) is 3.57. The third-order valence-electron chi connectivity index (χ3n) is 4.83. The summed E-state index contributed by atoms with van der Waals surface area (Å²) in [6.07, 6.45) is 3.10. The van der Waals surface area contributed by atoms with Gasteiger partial charge in [-0.1, -0.05) is 36.4 Å². The Morgan fingerprint density at radius 1 is 1.04 bits per heavy atom. The fraction of sp³-hybridized carbons (Fsp3) is 0.136. The van der Waals surface area contributed by atoms with Gasteiger partial charge in [-0.3, -0.25) is 4.79 Å². The Morgan fingerprint density at radius 3 is 2.43 bits per heavy atom. The smallest absolute Gasteiger partial charge is 0.257 e. The second kappa shape index (κ2) is 7.52. The van der Waals surface area contributed by atoms with E-state index in [2.05, 4.69) is 32.4 Å². The Kier molecular flexibility index (Phi) is 4.76. The molecule has 0 saturated carbocycles. The Labute approximate surface area is 163 Å². The van der Waals surface area contributed by atoms with Crippen molar-refractivity contribution in [2.45, 2.75) is 13.0 Å². The molecule has 0 unspecified atom stereocenters. The SMILES string of the molecule is C[C@@H](c1cc2ccccc2[nH]1)N(C)C(=O)c1cnc(Nc2ccccc2)nc1. The number of H-pyrrole nitrogens is 1. The lowest BCUT2D eigenvalue weighted by Gasteiger charge is -2.24. The van der Waals surface area contributed by atoms with Gasteiger partial charge in [-0.15, -0.1) is 0 Å². The van der Waals surface area contributed by atoms with E-state index in [0.717, 1.165) is 22.3 Å². The van der Waals surface area contributed by atoms with Gasteiger partial charge in [0, 0.05) is 36.3 Å². The minimum Gasteiger partial charge on any atom is -0.357 e. The second-order valence-electron chi connectivity index (χ2n) is 6.69. The van der Waals surface area contributed by atoms with Crippen molar-refractivity contribution in [2.75, 3.05) is 12.4 Å². The summed E-state index contributed by atoms with van der Waals surface area (Å²) in [6, 6.07) is 19.7. The van der Waals surface area contributed by atoms with Crippen LogP contribution in [0, 0.1) is 0 Å². The van der Waals surface area contributed by atoms with Crippen molar-refractivity contribution < 1.29 is 4.79 Å². The zero-order chi connectivity index (χ0) is 19.5. The molecule has 2 aromatic carbocycles. The summed E-state index contributed by atoms with van der Waals surface area (Å²) in [4.78, 5) is 26.5. The van der Waals surface area contributed by atoms with Crippen LogP contribution in [0.1, 0.15) is 29.0 Å². The van der Waals surface area contributed by atoms with Gasteiger partial charge in [0.1, 0.15) is 0 Å². The van der Waals surface area contributed by atoms with E-state index >= 15 is 0 Å². The Morgan fingerprint density at radius 2 is 1.71 bits per heavy atom. The highest BCUT2D eigenvalue weighted by Crippen LogP contribution is 2.24. The highest BCUT2D eigenvalue weighted by molar-refractivity contribution is 5.94. The fourth-order valence-electron chi connectivity index (χ4n) is 3.06. The molecule has 0 bridgehead atoms. The molecule has 0 aliphatic carbocycles. The Balaban J connectivity index is 1.48. The summed E-state index contributed by atoms with van der Waals surface area (Å²) in [5, 5.41) is 4.24. The number of carbonyl (C=O) groups is 1. The van der Waals surface area contributed by atoms with Gasteiger partial charge < -0.3 is 15.2 Å². The molecule has 140 valence electrons. The van der Waals surface area contributed by atoms with E-state index in [4.69, 9.17) is 0 Å². The van der Waals surface area contributed by atoms with Crippen LogP contribution in [-0.4, -0.2) is 32.8 Å². The number of carbonyl (C=O) groups excluding carboxylic acids is 1. The molecular weight excluding hydrogens is 350 g/mol. The minimum absolute atomic E-state index is 0.109. The number of amides is 1. The van der Waals surface area contributed by atoms with Crippen LogP contribution >= 0.6 is 0 Å².